The van der Waals surface area contributed by atoms with E-state index in [0.717, 1.165) is 0 Å². The number of carbonyl (C=O) groups excluding carboxylic acids is 1. The Bertz CT molecular complexity index is 713. The SMILES string of the molecule is COc1ccc(Nc2nccc(C(=O)NC(C)(C)C)n2)cc1Cl. The normalized spacial score (nSPS) is 11.0. The average Bonchev–Trinajstić information content (AvgIpc) is 2.46. The number of methoxy groups -OCH3 is 1. The van der Waals surface area contributed by atoms with Crippen molar-refractivity contribution < 1.29 is 9.53 Å². The number of nitrogens with zero attached hydrogens (tertiary/aromatic N) is 2. The van der Waals surface area contributed by atoms with Crippen molar-refractivity contribution in [1.29, 1.82) is 0 Å². The van der Waals surface area contributed by atoms with Crippen LogP contribution >= 0.6 is 11.6 Å². The summed E-state index contributed by atoms with van der Waals surface area (Å²) in [7, 11) is 1.55. The second-order valence-electron chi connectivity index (χ2n) is 5.94. The van der Waals surface area contributed by atoms with E-state index in [9.17, 15) is 4.79 Å². The number of anilines is 2. The molecule has 122 valence electrons. The topological polar surface area (TPSA) is 76.1 Å². The Balaban J connectivity index is 2.17. The molecule has 2 rings (SSSR count). The van der Waals surface area contributed by atoms with Crippen molar-refractivity contribution in [3.63, 3.8) is 0 Å². The van der Waals surface area contributed by atoms with Crippen LogP contribution in [0.1, 0.15) is 31.3 Å². The third kappa shape index (κ3) is 4.82. The van der Waals surface area contributed by atoms with E-state index in [1.165, 1.54) is 6.20 Å². The van der Waals surface area contributed by atoms with Crippen molar-refractivity contribution in [2.24, 2.45) is 0 Å². The van der Waals surface area contributed by atoms with Gasteiger partial charge in [0.2, 0.25) is 5.95 Å². The number of halogens is 1. The minimum absolute atomic E-state index is 0.254. The first kappa shape index (κ1) is 17.0. The molecule has 23 heavy (non-hydrogen) atoms. The highest BCUT2D eigenvalue weighted by Gasteiger charge is 2.16. The number of aromatic nitrogens is 2. The lowest BCUT2D eigenvalue weighted by molar-refractivity contribution is 0.0914. The van der Waals surface area contributed by atoms with Crippen molar-refractivity contribution in [2.45, 2.75) is 26.3 Å². The molecule has 0 saturated heterocycles. The van der Waals surface area contributed by atoms with Gasteiger partial charge < -0.3 is 15.4 Å². The molecule has 0 atom stereocenters. The largest absolute Gasteiger partial charge is 0.495 e. The van der Waals surface area contributed by atoms with Gasteiger partial charge in [0, 0.05) is 17.4 Å². The summed E-state index contributed by atoms with van der Waals surface area (Å²) in [5.74, 6) is 0.639. The van der Waals surface area contributed by atoms with Crippen LogP contribution < -0.4 is 15.4 Å². The van der Waals surface area contributed by atoms with Crippen molar-refractivity contribution in [1.82, 2.24) is 15.3 Å². The summed E-state index contributed by atoms with van der Waals surface area (Å²) < 4.78 is 5.10. The summed E-state index contributed by atoms with van der Waals surface area (Å²) in [6, 6.07) is 6.79. The number of hydrogen-bond acceptors (Lipinski definition) is 5. The molecule has 0 saturated carbocycles. The Hall–Kier alpha value is -2.34. The van der Waals surface area contributed by atoms with Crippen LogP contribution in [0.5, 0.6) is 5.75 Å². The molecule has 1 aromatic carbocycles. The molecule has 0 spiro atoms. The number of ether oxygens (including phenoxy) is 1. The number of benzene rings is 1. The van der Waals surface area contributed by atoms with E-state index in [0.29, 0.717) is 22.4 Å². The van der Waals surface area contributed by atoms with Crippen LogP contribution in [0.3, 0.4) is 0 Å². The predicted octanol–water partition coefficient (Wildman–Crippen LogP) is 3.41. The molecule has 1 aromatic heterocycles. The molecule has 7 heteroatoms. The van der Waals surface area contributed by atoms with Crippen LogP contribution in [0, 0.1) is 0 Å². The van der Waals surface area contributed by atoms with Gasteiger partial charge in [0.15, 0.2) is 0 Å². The highest BCUT2D eigenvalue weighted by Crippen LogP contribution is 2.28. The van der Waals surface area contributed by atoms with Gasteiger partial charge >= 0.3 is 0 Å². The third-order valence-electron chi connectivity index (χ3n) is 2.78. The zero-order chi connectivity index (χ0) is 17.0. The van der Waals surface area contributed by atoms with Gasteiger partial charge in [-0.1, -0.05) is 11.6 Å². The maximum absolute atomic E-state index is 12.1. The number of nitrogens with one attached hydrogen (secondary N) is 2. The molecule has 6 nitrogen and oxygen atoms in total. The van der Waals surface area contributed by atoms with Gasteiger partial charge in [-0.15, -0.1) is 0 Å². The quantitative estimate of drug-likeness (QED) is 0.896. The van der Waals surface area contributed by atoms with E-state index < -0.39 is 0 Å². The summed E-state index contributed by atoms with van der Waals surface area (Å²) >= 11 is 6.08. The van der Waals surface area contributed by atoms with Crippen LogP contribution in [0.25, 0.3) is 0 Å². The monoisotopic (exact) mass is 334 g/mol. The molecular formula is C16H19ClN4O2. The molecule has 0 aliphatic heterocycles. The number of carbonyl (C=O) groups is 1. The van der Waals surface area contributed by atoms with Crippen LogP contribution in [0.4, 0.5) is 11.6 Å². The van der Waals surface area contributed by atoms with Gasteiger partial charge in [-0.2, -0.15) is 0 Å². The van der Waals surface area contributed by atoms with E-state index in [1.807, 2.05) is 20.8 Å². The fraction of sp³-hybridized carbons (Fsp3) is 0.312. The Morgan fingerprint density at radius 2 is 2.00 bits per heavy atom. The van der Waals surface area contributed by atoms with Crippen LogP contribution in [0.2, 0.25) is 5.02 Å². The highest BCUT2D eigenvalue weighted by molar-refractivity contribution is 6.32. The summed E-state index contributed by atoms with van der Waals surface area (Å²) in [5.41, 5.74) is 0.653. The zero-order valence-corrected chi connectivity index (χ0v) is 14.2. The number of amides is 1. The molecule has 1 amide bonds. The minimum Gasteiger partial charge on any atom is -0.495 e. The summed E-state index contributed by atoms with van der Waals surface area (Å²) in [6.45, 7) is 5.72. The second-order valence-corrected chi connectivity index (χ2v) is 6.35. The van der Waals surface area contributed by atoms with Gasteiger partial charge in [0.25, 0.3) is 5.91 Å². The predicted molar refractivity (Wildman–Crippen MR) is 90.5 cm³/mol. The first-order valence-corrected chi connectivity index (χ1v) is 7.42. The molecule has 1 heterocycles. The fourth-order valence-electron chi connectivity index (χ4n) is 1.82. The minimum atomic E-state index is -0.334. The second kappa shape index (κ2) is 6.83. The van der Waals surface area contributed by atoms with Gasteiger partial charge in [0.1, 0.15) is 11.4 Å². The molecule has 0 unspecified atom stereocenters. The Labute approximate surface area is 140 Å². The standard InChI is InChI=1S/C16H19ClN4O2/c1-16(2,3)21-14(22)12-7-8-18-15(20-12)19-10-5-6-13(23-4)11(17)9-10/h5-9H,1-4H3,(H,21,22)(H,18,19,20). The van der Waals surface area contributed by atoms with Crippen LogP contribution in [-0.2, 0) is 0 Å². The van der Waals surface area contributed by atoms with Gasteiger partial charge in [-0.3, -0.25) is 4.79 Å². The van der Waals surface area contributed by atoms with E-state index in [4.69, 9.17) is 16.3 Å². The molecule has 0 radical (unpaired) electrons. The Kier molecular flexibility index (Phi) is 5.05. The maximum atomic E-state index is 12.1. The molecule has 2 aromatic rings. The van der Waals surface area contributed by atoms with E-state index in [1.54, 1.807) is 31.4 Å². The molecule has 0 aliphatic rings. The van der Waals surface area contributed by atoms with Crippen molar-refractivity contribution >= 4 is 29.1 Å². The Morgan fingerprint density at radius 1 is 1.26 bits per heavy atom. The lowest BCUT2D eigenvalue weighted by Gasteiger charge is -2.20. The average molecular weight is 335 g/mol. The molecule has 0 fully saturated rings. The van der Waals surface area contributed by atoms with Crippen LogP contribution in [-0.4, -0.2) is 28.5 Å². The summed E-state index contributed by atoms with van der Waals surface area (Å²) in [5, 5.41) is 6.34. The van der Waals surface area contributed by atoms with E-state index >= 15 is 0 Å². The molecule has 0 bridgehead atoms. The van der Waals surface area contributed by atoms with Gasteiger partial charge in [0.05, 0.1) is 12.1 Å². The smallest absolute Gasteiger partial charge is 0.270 e. The molecule has 2 N–H and O–H groups in total. The number of hydrogen-bond donors (Lipinski definition) is 2. The van der Waals surface area contributed by atoms with Gasteiger partial charge in [-0.05, 0) is 45.0 Å². The number of rotatable bonds is 4. The highest BCUT2D eigenvalue weighted by atomic mass is 35.5. The van der Waals surface area contributed by atoms with Crippen molar-refractivity contribution in [2.75, 3.05) is 12.4 Å². The first-order chi connectivity index (χ1) is 10.8. The molecule has 0 aliphatic carbocycles. The van der Waals surface area contributed by atoms with E-state index in [2.05, 4.69) is 20.6 Å². The maximum Gasteiger partial charge on any atom is 0.270 e. The fourth-order valence-corrected chi connectivity index (χ4v) is 2.08. The van der Waals surface area contributed by atoms with E-state index in [-0.39, 0.29) is 17.1 Å². The zero-order valence-electron chi connectivity index (χ0n) is 13.5. The Morgan fingerprint density at radius 3 is 2.61 bits per heavy atom. The van der Waals surface area contributed by atoms with Crippen LogP contribution in [0.15, 0.2) is 30.5 Å². The van der Waals surface area contributed by atoms with Crippen molar-refractivity contribution in [3.05, 3.63) is 41.2 Å². The first-order valence-electron chi connectivity index (χ1n) is 7.04. The molecular weight excluding hydrogens is 316 g/mol. The lowest BCUT2D eigenvalue weighted by atomic mass is 10.1. The lowest BCUT2D eigenvalue weighted by Crippen LogP contribution is -2.41. The third-order valence-corrected chi connectivity index (χ3v) is 3.08. The van der Waals surface area contributed by atoms with Crippen molar-refractivity contribution in [3.8, 4) is 5.75 Å². The summed E-state index contributed by atoms with van der Waals surface area (Å²) in [6.07, 6.45) is 1.53. The summed E-state index contributed by atoms with van der Waals surface area (Å²) in [4.78, 5) is 20.5. The van der Waals surface area contributed by atoms with Gasteiger partial charge in [-0.25, -0.2) is 9.97 Å².